The Hall–Kier alpha value is -2.11. The lowest BCUT2D eigenvalue weighted by molar-refractivity contribution is -0.116. The van der Waals surface area contributed by atoms with E-state index in [2.05, 4.69) is 18.8 Å². The number of fused-ring (bicyclic) bond motifs is 3. The standard InChI is InChI=1S/C20H29N3O3/c1-20(2,16-11-14-6-8-15(16)9-7-14)22(3)19(26)23(13-24)12-18(25)17-5-4-10-21-17/h4-5,10,13-16,21H,6-9,11-12H2,1-3H3. The minimum Gasteiger partial charge on any atom is -0.359 e. The molecule has 142 valence electrons. The van der Waals surface area contributed by atoms with Crippen LogP contribution in [0.2, 0.25) is 0 Å². The molecule has 26 heavy (non-hydrogen) atoms. The topological polar surface area (TPSA) is 73.5 Å². The fourth-order valence-corrected chi connectivity index (χ4v) is 4.82. The average Bonchev–Trinajstić information content (AvgIpc) is 3.20. The maximum Gasteiger partial charge on any atom is 0.327 e. The van der Waals surface area contributed by atoms with Gasteiger partial charge in [0.05, 0.1) is 12.2 Å². The number of nitrogens with one attached hydrogen (secondary N) is 1. The van der Waals surface area contributed by atoms with Gasteiger partial charge in [0, 0.05) is 18.8 Å². The van der Waals surface area contributed by atoms with Gasteiger partial charge < -0.3 is 9.88 Å². The number of amides is 3. The van der Waals surface area contributed by atoms with Crippen LogP contribution in [0.1, 0.15) is 56.4 Å². The van der Waals surface area contributed by atoms with Gasteiger partial charge in [-0.25, -0.2) is 4.79 Å². The molecule has 3 saturated carbocycles. The molecule has 1 N–H and O–H groups in total. The number of ketones is 1. The van der Waals surface area contributed by atoms with Crippen molar-refractivity contribution in [2.45, 2.75) is 51.5 Å². The number of H-pyrrole nitrogens is 1. The van der Waals surface area contributed by atoms with Crippen molar-refractivity contribution in [1.29, 1.82) is 0 Å². The Balaban J connectivity index is 1.70. The first kappa shape index (κ1) is 18.7. The third-order valence-corrected chi connectivity index (χ3v) is 6.69. The molecule has 1 aromatic heterocycles. The number of nitrogens with zero attached hydrogens (tertiary/aromatic N) is 2. The van der Waals surface area contributed by atoms with Crippen molar-refractivity contribution in [3.8, 4) is 0 Å². The second kappa shape index (κ2) is 7.25. The van der Waals surface area contributed by atoms with Gasteiger partial charge in [0.25, 0.3) is 0 Å². The van der Waals surface area contributed by atoms with Crippen LogP contribution in [0, 0.1) is 17.8 Å². The number of carbonyl (C=O) groups excluding carboxylic acids is 3. The molecule has 4 rings (SSSR count). The minimum absolute atomic E-state index is 0.250. The van der Waals surface area contributed by atoms with Crippen molar-refractivity contribution in [1.82, 2.24) is 14.8 Å². The van der Waals surface area contributed by atoms with E-state index in [0.717, 1.165) is 17.2 Å². The summed E-state index contributed by atoms with van der Waals surface area (Å²) in [6.07, 6.45) is 8.35. The van der Waals surface area contributed by atoms with E-state index >= 15 is 0 Å². The number of imide groups is 1. The first-order valence-corrected chi connectivity index (χ1v) is 9.51. The van der Waals surface area contributed by atoms with Crippen LogP contribution in [0.15, 0.2) is 18.3 Å². The zero-order valence-electron chi connectivity index (χ0n) is 15.9. The van der Waals surface area contributed by atoms with Crippen LogP contribution in [0.3, 0.4) is 0 Å². The third kappa shape index (κ3) is 3.41. The van der Waals surface area contributed by atoms with Gasteiger partial charge in [0.2, 0.25) is 6.41 Å². The van der Waals surface area contributed by atoms with E-state index < -0.39 is 6.03 Å². The van der Waals surface area contributed by atoms with Gasteiger partial charge >= 0.3 is 6.03 Å². The predicted molar refractivity (Wildman–Crippen MR) is 98.7 cm³/mol. The molecule has 0 aliphatic heterocycles. The number of hydrogen-bond acceptors (Lipinski definition) is 3. The van der Waals surface area contributed by atoms with E-state index in [9.17, 15) is 14.4 Å². The van der Waals surface area contributed by atoms with Crippen LogP contribution in [0.25, 0.3) is 0 Å². The third-order valence-electron chi connectivity index (χ3n) is 6.69. The van der Waals surface area contributed by atoms with Crippen molar-refractivity contribution in [2.75, 3.05) is 13.6 Å². The predicted octanol–water partition coefficient (Wildman–Crippen LogP) is 3.31. The summed E-state index contributed by atoms with van der Waals surface area (Å²) >= 11 is 0. The van der Waals surface area contributed by atoms with E-state index in [-0.39, 0.29) is 17.9 Å². The molecule has 6 nitrogen and oxygen atoms in total. The fraction of sp³-hybridized carbons (Fsp3) is 0.650. The summed E-state index contributed by atoms with van der Waals surface area (Å²) in [6, 6.07) is 2.95. The zero-order valence-corrected chi connectivity index (χ0v) is 15.9. The SMILES string of the molecule is CN(C(=O)N(C=O)CC(=O)c1ccc[nH]1)C(C)(C)C1CC2CCC1CC2. The normalized spacial score (nSPS) is 25.0. The Kier molecular flexibility index (Phi) is 5.21. The van der Waals surface area contributed by atoms with Gasteiger partial charge in [-0.15, -0.1) is 0 Å². The lowest BCUT2D eigenvalue weighted by Crippen LogP contribution is -2.58. The monoisotopic (exact) mass is 359 g/mol. The largest absolute Gasteiger partial charge is 0.359 e. The molecule has 0 aromatic carbocycles. The highest BCUT2D eigenvalue weighted by Gasteiger charge is 2.46. The molecule has 2 bridgehead atoms. The molecule has 1 unspecified atom stereocenters. The number of carbonyl (C=O) groups is 3. The fourth-order valence-electron chi connectivity index (χ4n) is 4.82. The van der Waals surface area contributed by atoms with Crippen LogP contribution in [0.4, 0.5) is 4.79 Å². The Morgan fingerprint density at radius 3 is 2.46 bits per heavy atom. The number of Topliss-reactive ketones (excluding diaryl/α,β-unsaturated/α-hetero) is 1. The highest BCUT2D eigenvalue weighted by Crippen LogP contribution is 2.50. The van der Waals surface area contributed by atoms with E-state index in [0.29, 0.717) is 23.9 Å². The van der Waals surface area contributed by atoms with Crippen molar-refractivity contribution >= 4 is 18.2 Å². The summed E-state index contributed by atoms with van der Waals surface area (Å²) in [5, 5.41) is 0. The van der Waals surface area contributed by atoms with Crippen molar-refractivity contribution in [2.24, 2.45) is 17.8 Å². The molecular weight excluding hydrogens is 330 g/mol. The smallest absolute Gasteiger partial charge is 0.327 e. The highest BCUT2D eigenvalue weighted by molar-refractivity contribution is 6.00. The quantitative estimate of drug-likeness (QED) is 0.625. The van der Waals surface area contributed by atoms with Crippen molar-refractivity contribution in [3.05, 3.63) is 24.0 Å². The van der Waals surface area contributed by atoms with Gasteiger partial charge in [0.15, 0.2) is 5.78 Å². The number of aromatic nitrogens is 1. The minimum atomic E-state index is -0.411. The average molecular weight is 359 g/mol. The Bertz CT molecular complexity index is 660. The number of hydrogen-bond donors (Lipinski definition) is 1. The summed E-state index contributed by atoms with van der Waals surface area (Å²) in [5.74, 6) is 1.58. The Morgan fingerprint density at radius 2 is 1.96 bits per heavy atom. The molecule has 1 heterocycles. The van der Waals surface area contributed by atoms with Crippen LogP contribution in [-0.4, -0.2) is 52.1 Å². The van der Waals surface area contributed by atoms with E-state index in [4.69, 9.17) is 0 Å². The Labute approximate surface area is 154 Å². The molecule has 0 saturated heterocycles. The van der Waals surface area contributed by atoms with Gasteiger partial charge in [-0.05, 0) is 63.0 Å². The van der Waals surface area contributed by atoms with Crippen LogP contribution in [0.5, 0.6) is 0 Å². The maximum absolute atomic E-state index is 12.9. The molecule has 1 atom stereocenters. The van der Waals surface area contributed by atoms with Gasteiger partial charge in [-0.3, -0.25) is 14.5 Å². The van der Waals surface area contributed by atoms with Gasteiger partial charge in [-0.2, -0.15) is 0 Å². The van der Waals surface area contributed by atoms with Crippen LogP contribution < -0.4 is 0 Å². The molecule has 1 aromatic rings. The number of rotatable bonds is 6. The second-order valence-electron chi connectivity index (χ2n) is 8.36. The molecule has 3 amide bonds. The summed E-state index contributed by atoms with van der Waals surface area (Å²) in [6.45, 7) is 3.93. The van der Waals surface area contributed by atoms with E-state index in [1.165, 1.54) is 25.7 Å². The second-order valence-corrected chi connectivity index (χ2v) is 8.36. The van der Waals surface area contributed by atoms with Crippen molar-refractivity contribution < 1.29 is 14.4 Å². The molecule has 3 aliphatic carbocycles. The summed E-state index contributed by atoms with van der Waals surface area (Å²) in [7, 11) is 1.75. The van der Waals surface area contributed by atoms with Gasteiger partial charge in [0.1, 0.15) is 0 Å². The van der Waals surface area contributed by atoms with Crippen molar-refractivity contribution in [3.63, 3.8) is 0 Å². The zero-order chi connectivity index (χ0) is 18.9. The lowest BCUT2D eigenvalue weighted by atomic mass is 9.59. The molecular formula is C20H29N3O3. The van der Waals surface area contributed by atoms with Crippen LogP contribution >= 0.6 is 0 Å². The lowest BCUT2D eigenvalue weighted by Gasteiger charge is -2.52. The number of urea groups is 1. The maximum atomic E-state index is 12.9. The first-order chi connectivity index (χ1) is 12.3. The summed E-state index contributed by atoms with van der Waals surface area (Å²) in [4.78, 5) is 42.1. The molecule has 3 fully saturated rings. The molecule has 0 radical (unpaired) electrons. The molecule has 6 heteroatoms. The van der Waals surface area contributed by atoms with Crippen LogP contribution in [-0.2, 0) is 4.79 Å². The Morgan fingerprint density at radius 1 is 1.27 bits per heavy atom. The summed E-state index contributed by atoms with van der Waals surface area (Å²) in [5.41, 5.74) is 0.0496. The molecule has 0 spiro atoms. The highest BCUT2D eigenvalue weighted by atomic mass is 16.2. The molecule has 3 aliphatic rings. The first-order valence-electron chi connectivity index (χ1n) is 9.51. The van der Waals surface area contributed by atoms with E-state index in [1.54, 1.807) is 30.3 Å². The summed E-state index contributed by atoms with van der Waals surface area (Å²) < 4.78 is 0. The van der Waals surface area contributed by atoms with E-state index in [1.807, 2.05) is 0 Å². The van der Waals surface area contributed by atoms with Gasteiger partial charge in [-0.1, -0.05) is 12.8 Å². The number of aromatic amines is 1.